The summed E-state index contributed by atoms with van der Waals surface area (Å²) in [6.45, 7) is 2.07. The molecular weight excluding hydrogens is 441 g/mol. The van der Waals surface area contributed by atoms with Gasteiger partial charge in [-0.1, -0.05) is 35.5 Å². The van der Waals surface area contributed by atoms with Crippen LogP contribution < -0.4 is 10.2 Å². The lowest BCUT2D eigenvalue weighted by Gasteiger charge is -2.26. The maximum Gasteiger partial charge on any atom is 0.174 e. The Morgan fingerprint density at radius 2 is 1.78 bits per heavy atom. The van der Waals surface area contributed by atoms with Gasteiger partial charge in [0, 0.05) is 16.8 Å². The molecule has 3 heterocycles. The molecule has 4 aromatic rings. The molecule has 7 heteroatoms. The number of hydrogen-bond donors (Lipinski definition) is 1. The lowest BCUT2D eigenvalue weighted by atomic mass is 10.0. The summed E-state index contributed by atoms with van der Waals surface area (Å²) in [4.78, 5) is 7.61. The number of nitrogens with one attached hydrogen (secondary N) is 1. The predicted molar refractivity (Wildman–Crippen MR) is 128 cm³/mol. The summed E-state index contributed by atoms with van der Waals surface area (Å²) in [6.07, 6.45) is 1.76. The molecule has 4 nitrogen and oxygen atoms in total. The van der Waals surface area contributed by atoms with Crippen LogP contribution in [0.3, 0.4) is 0 Å². The topological polar surface area (TPSA) is 41.3 Å². The fourth-order valence-electron chi connectivity index (χ4n) is 3.79. The van der Waals surface area contributed by atoms with Crippen molar-refractivity contribution < 1.29 is 8.81 Å². The molecule has 32 heavy (non-hydrogen) atoms. The van der Waals surface area contributed by atoms with Gasteiger partial charge in [-0.25, -0.2) is 4.39 Å². The maximum atomic E-state index is 13.6. The van der Waals surface area contributed by atoms with Crippen molar-refractivity contribution in [3.8, 4) is 0 Å². The zero-order chi connectivity index (χ0) is 22.1. The van der Waals surface area contributed by atoms with Crippen LogP contribution in [-0.2, 0) is 0 Å². The Kier molecular flexibility index (Phi) is 5.68. The minimum absolute atomic E-state index is 0.211. The van der Waals surface area contributed by atoms with Crippen LogP contribution in [0.15, 0.2) is 99.5 Å². The average molecular weight is 462 g/mol. The Balaban J connectivity index is 1.52. The van der Waals surface area contributed by atoms with E-state index >= 15 is 0 Å². The molecule has 5 rings (SSSR count). The number of hydrogen-bond acceptors (Lipinski definition) is 4. The predicted octanol–water partition coefficient (Wildman–Crippen LogP) is 6.45. The van der Waals surface area contributed by atoms with E-state index in [0.717, 1.165) is 27.1 Å². The molecule has 2 aromatic carbocycles. The van der Waals surface area contributed by atoms with Gasteiger partial charge in [-0.15, -0.1) is 0 Å². The first-order valence-corrected chi connectivity index (χ1v) is 11.4. The number of anilines is 1. The van der Waals surface area contributed by atoms with Crippen LogP contribution in [0, 0.1) is 12.7 Å². The zero-order valence-electron chi connectivity index (χ0n) is 17.2. The molecule has 1 fully saturated rings. The maximum absolute atomic E-state index is 13.6. The quantitative estimate of drug-likeness (QED) is 0.345. The van der Waals surface area contributed by atoms with Gasteiger partial charge in [0.15, 0.2) is 10.2 Å². The van der Waals surface area contributed by atoms with Crippen LogP contribution in [0.4, 0.5) is 10.1 Å². The Morgan fingerprint density at radius 1 is 1.00 bits per heavy atom. The Hall–Kier alpha value is -3.16. The molecule has 0 bridgehead atoms. The molecule has 1 aliphatic heterocycles. The highest BCUT2D eigenvalue weighted by Crippen LogP contribution is 2.43. The first kappa shape index (κ1) is 20.7. The molecule has 2 aromatic heterocycles. The van der Waals surface area contributed by atoms with E-state index < -0.39 is 0 Å². The second kappa shape index (κ2) is 8.76. The number of furan rings is 1. The molecule has 0 spiro atoms. The van der Waals surface area contributed by atoms with E-state index in [9.17, 15) is 4.39 Å². The zero-order valence-corrected chi connectivity index (χ0v) is 18.9. The van der Waals surface area contributed by atoms with Crippen molar-refractivity contribution in [2.75, 3.05) is 4.90 Å². The van der Waals surface area contributed by atoms with E-state index in [0.29, 0.717) is 5.11 Å². The number of aromatic nitrogens is 1. The highest BCUT2D eigenvalue weighted by Gasteiger charge is 2.42. The number of thiocarbonyl (C=S) groups is 1. The summed E-state index contributed by atoms with van der Waals surface area (Å²) in [5.41, 5.74) is 2.86. The van der Waals surface area contributed by atoms with Gasteiger partial charge in [0.25, 0.3) is 0 Å². The number of pyridine rings is 1. The van der Waals surface area contributed by atoms with Gasteiger partial charge in [-0.05, 0) is 79.8 Å². The first-order chi connectivity index (χ1) is 15.6. The van der Waals surface area contributed by atoms with Crippen LogP contribution in [0.1, 0.15) is 29.1 Å². The van der Waals surface area contributed by atoms with Crippen LogP contribution in [-0.4, -0.2) is 10.1 Å². The third-order valence-electron chi connectivity index (χ3n) is 5.34. The van der Waals surface area contributed by atoms with Crippen molar-refractivity contribution >= 4 is 34.8 Å². The molecule has 2 atom stereocenters. The molecule has 0 amide bonds. The van der Waals surface area contributed by atoms with Gasteiger partial charge in [0.1, 0.15) is 17.6 Å². The van der Waals surface area contributed by atoms with E-state index in [1.54, 1.807) is 30.1 Å². The molecule has 0 radical (unpaired) electrons. The van der Waals surface area contributed by atoms with Crippen molar-refractivity contribution in [2.45, 2.75) is 29.0 Å². The van der Waals surface area contributed by atoms with Gasteiger partial charge >= 0.3 is 0 Å². The van der Waals surface area contributed by atoms with Crippen LogP contribution >= 0.6 is 24.0 Å². The molecule has 0 saturated carbocycles. The van der Waals surface area contributed by atoms with Crippen molar-refractivity contribution in [1.82, 2.24) is 10.3 Å². The second-order valence-corrected chi connectivity index (χ2v) is 9.01. The van der Waals surface area contributed by atoms with Crippen molar-refractivity contribution in [2.24, 2.45) is 0 Å². The molecule has 1 saturated heterocycles. The fourth-order valence-corrected chi connectivity index (χ4v) is 4.92. The third kappa shape index (κ3) is 4.13. The molecule has 160 valence electrons. The van der Waals surface area contributed by atoms with Gasteiger partial charge in [-0.2, -0.15) is 0 Å². The number of nitrogens with zero attached hydrogens (tertiary/aromatic N) is 2. The summed E-state index contributed by atoms with van der Waals surface area (Å²) in [5, 5.41) is 4.72. The number of halogens is 1. The number of rotatable bonds is 5. The SMILES string of the molecule is Cc1ccc(Sc2ccc([C@@H]3[C@H](c4ccccn4)NC(=S)N3c3ccc(F)cc3)o2)cc1. The van der Waals surface area contributed by atoms with E-state index in [2.05, 4.69) is 41.5 Å². The minimum atomic E-state index is -0.292. The Labute approximate surface area is 195 Å². The monoisotopic (exact) mass is 461 g/mol. The van der Waals surface area contributed by atoms with Gasteiger partial charge < -0.3 is 14.6 Å². The third-order valence-corrected chi connectivity index (χ3v) is 6.58. The Bertz CT molecular complexity index is 1230. The van der Waals surface area contributed by atoms with Crippen molar-refractivity contribution in [1.29, 1.82) is 0 Å². The lowest BCUT2D eigenvalue weighted by molar-refractivity contribution is 0.383. The van der Waals surface area contributed by atoms with Gasteiger partial charge in [-0.3, -0.25) is 4.98 Å². The average Bonchev–Trinajstić information content (AvgIpc) is 3.40. The van der Waals surface area contributed by atoms with E-state index in [4.69, 9.17) is 16.6 Å². The standard InChI is InChI=1S/C25H20FN3OS2/c1-16-5-11-19(12-6-16)32-22-14-13-21(30-22)24-23(20-4-2-3-15-27-20)28-25(31)29(24)18-9-7-17(26)8-10-18/h2-15,23-24H,1H3,(H,28,31)/t23-,24+/m0/s1. The largest absolute Gasteiger partial charge is 0.452 e. The normalized spacial score (nSPS) is 18.1. The van der Waals surface area contributed by atoms with Crippen molar-refractivity contribution in [3.63, 3.8) is 0 Å². The van der Waals surface area contributed by atoms with E-state index in [1.165, 1.54) is 17.7 Å². The lowest BCUT2D eigenvalue weighted by Crippen LogP contribution is -2.29. The Morgan fingerprint density at radius 3 is 2.50 bits per heavy atom. The molecule has 0 unspecified atom stereocenters. The molecule has 1 aliphatic rings. The van der Waals surface area contributed by atoms with Crippen LogP contribution in [0.25, 0.3) is 0 Å². The highest BCUT2D eigenvalue weighted by atomic mass is 32.2. The summed E-state index contributed by atoms with van der Waals surface area (Å²) in [5.74, 6) is 0.464. The number of benzene rings is 2. The minimum Gasteiger partial charge on any atom is -0.452 e. The van der Waals surface area contributed by atoms with Crippen LogP contribution in [0.2, 0.25) is 0 Å². The molecular formula is C25H20FN3OS2. The molecule has 0 aliphatic carbocycles. The first-order valence-electron chi connectivity index (χ1n) is 10.2. The highest BCUT2D eigenvalue weighted by molar-refractivity contribution is 7.99. The smallest absolute Gasteiger partial charge is 0.174 e. The summed E-state index contributed by atoms with van der Waals surface area (Å²) in [7, 11) is 0. The summed E-state index contributed by atoms with van der Waals surface area (Å²) >= 11 is 7.25. The summed E-state index contributed by atoms with van der Waals surface area (Å²) < 4.78 is 19.9. The van der Waals surface area contributed by atoms with Gasteiger partial charge in [0.2, 0.25) is 0 Å². The van der Waals surface area contributed by atoms with Crippen molar-refractivity contribution in [3.05, 3.63) is 108 Å². The molecule has 1 N–H and O–H groups in total. The number of aryl methyl sites for hydroxylation is 1. The second-order valence-electron chi connectivity index (χ2n) is 7.54. The summed E-state index contributed by atoms with van der Waals surface area (Å²) in [6, 6.07) is 23.9. The van der Waals surface area contributed by atoms with Gasteiger partial charge in [0.05, 0.1) is 11.7 Å². The van der Waals surface area contributed by atoms with E-state index in [1.807, 2.05) is 35.2 Å². The van der Waals surface area contributed by atoms with E-state index in [-0.39, 0.29) is 17.9 Å². The van der Waals surface area contributed by atoms with Crippen LogP contribution in [0.5, 0.6) is 0 Å². The fraction of sp³-hybridized carbons (Fsp3) is 0.120.